The Bertz CT molecular complexity index is 1160. The molecule has 1 saturated carbocycles. The Morgan fingerprint density at radius 3 is 2.55 bits per heavy atom. The summed E-state index contributed by atoms with van der Waals surface area (Å²) < 4.78 is 34.1. The largest absolute Gasteiger partial charge is 0.420 e. The number of hydrogen-bond acceptors (Lipinski definition) is 7. The SMILES string of the molecule is O=S(=O)(c1ccc(-c2nnc(C3CCCC3)o2)s1)N1CCN(c2cccc(Cl)c2)CC1. The molecule has 31 heavy (non-hydrogen) atoms. The van der Waals surface area contributed by atoms with Gasteiger partial charge in [-0.3, -0.25) is 0 Å². The fourth-order valence-corrected chi connectivity index (χ4v) is 7.22. The summed E-state index contributed by atoms with van der Waals surface area (Å²) in [5.41, 5.74) is 1.01. The molecule has 0 radical (unpaired) electrons. The zero-order valence-electron chi connectivity index (χ0n) is 16.9. The number of halogens is 1. The highest BCUT2D eigenvalue weighted by Gasteiger charge is 2.31. The summed E-state index contributed by atoms with van der Waals surface area (Å²) in [5.74, 6) is 1.40. The first-order valence-electron chi connectivity index (χ1n) is 10.4. The van der Waals surface area contributed by atoms with Crippen LogP contribution in [0.2, 0.25) is 5.02 Å². The molecule has 0 N–H and O–H groups in total. The zero-order valence-corrected chi connectivity index (χ0v) is 19.3. The normalized spacial score (nSPS) is 18.7. The van der Waals surface area contributed by atoms with Crippen LogP contribution in [0.4, 0.5) is 5.69 Å². The third-order valence-electron chi connectivity index (χ3n) is 5.94. The van der Waals surface area contributed by atoms with Crippen molar-refractivity contribution in [2.75, 3.05) is 31.1 Å². The van der Waals surface area contributed by atoms with Gasteiger partial charge >= 0.3 is 0 Å². The van der Waals surface area contributed by atoms with Gasteiger partial charge in [0.25, 0.3) is 15.9 Å². The van der Waals surface area contributed by atoms with E-state index in [-0.39, 0.29) is 0 Å². The molecule has 1 aliphatic heterocycles. The smallest absolute Gasteiger partial charge is 0.257 e. The van der Waals surface area contributed by atoms with Crippen molar-refractivity contribution in [1.29, 1.82) is 0 Å². The van der Waals surface area contributed by atoms with E-state index in [2.05, 4.69) is 15.1 Å². The van der Waals surface area contributed by atoms with Gasteiger partial charge in [0.05, 0.1) is 4.88 Å². The number of anilines is 1. The van der Waals surface area contributed by atoms with E-state index < -0.39 is 10.0 Å². The summed E-state index contributed by atoms with van der Waals surface area (Å²) in [6.07, 6.45) is 4.53. The molecule has 1 aromatic carbocycles. The Morgan fingerprint density at radius 1 is 1.03 bits per heavy atom. The van der Waals surface area contributed by atoms with Crippen molar-refractivity contribution in [2.45, 2.75) is 35.8 Å². The number of piperazine rings is 1. The van der Waals surface area contributed by atoms with Gasteiger partial charge in [0.15, 0.2) is 0 Å². The second-order valence-corrected chi connectivity index (χ2v) is 11.6. The fourth-order valence-electron chi connectivity index (χ4n) is 4.23. The van der Waals surface area contributed by atoms with Crippen LogP contribution < -0.4 is 4.90 Å². The van der Waals surface area contributed by atoms with E-state index in [4.69, 9.17) is 16.0 Å². The maximum absolute atomic E-state index is 13.2. The first kappa shape index (κ1) is 20.9. The lowest BCUT2D eigenvalue weighted by molar-refractivity contribution is 0.386. The quantitative estimate of drug-likeness (QED) is 0.532. The maximum atomic E-state index is 13.2. The van der Waals surface area contributed by atoms with Crippen LogP contribution in [0.3, 0.4) is 0 Å². The molecule has 7 nitrogen and oxygen atoms in total. The van der Waals surface area contributed by atoms with E-state index in [9.17, 15) is 8.42 Å². The minimum absolute atomic E-state index is 0.305. The van der Waals surface area contributed by atoms with Crippen LogP contribution in [0.15, 0.2) is 45.0 Å². The van der Waals surface area contributed by atoms with Gasteiger partial charge in [-0.25, -0.2) is 8.42 Å². The topological polar surface area (TPSA) is 79.5 Å². The number of thiophene rings is 1. The van der Waals surface area contributed by atoms with Crippen LogP contribution in [0.5, 0.6) is 0 Å². The number of nitrogens with zero attached hydrogens (tertiary/aromatic N) is 4. The number of hydrogen-bond donors (Lipinski definition) is 0. The van der Waals surface area contributed by atoms with Crippen LogP contribution in [-0.4, -0.2) is 49.1 Å². The van der Waals surface area contributed by atoms with Crippen LogP contribution >= 0.6 is 22.9 Å². The molecule has 164 valence electrons. The first-order chi connectivity index (χ1) is 15.0. The lowest BCUT2D eigenvalue weighted by Crippen LogP contribution is -2.48. The van der Waals surface area contributed by atoms with E-state index in [0.717, 1.165) is 18.5 Å². The Labute approximate surface area is 190 Å². The number of benzene rings is 1. The molecule has 2 fully saturated rings. The molecule has 2 aliphatic rings. The Hall–Kier alpha value is -1.94. The summed E-state index contributed by atoms with van der Waals surface area (Å²) >= 11 is 7.27. The minimum atomic E-state index is -3.56. The molecule has 0 atom stereocenters. The standard InChI is InChI=1S/C21H23ClN4O3S2/c22-16-6-3-7-17(14-16)25-10-12-26(13-11-25)31(27,28)19-9-8-18(30-19)21-24-23-20(29-21)15-4-1-2-5-15/h3,6-9,14-15H,1-2,4-5,10-13H2. The van der Waals surface area contributed by atoms with E-state index in [1.54, 1.807) is 16.4 Å². The van der Waals surface area contributed by atoms with E-state index in [1.807, 2.05) is 24.3 Å². The van der Waals surface area contributed by atoms with Crippen molar-refractivity contribution >= 4 is 38.6 Å². The highest BCUT2D eigenvalue weighted by Crippen LogP contribution is 2.37. The maximum Gasteiger partial charge on any atom is 0.257 e. The summed E-state index contributed by atoms with van der Waals surface area (Å²) in [4.78, 5) is 2.84. The molecule has 5 rings (SSSR count). The molecular weight excluding hydrogens is 456 g/mol. The van der Waals surface area contributed by atoms with E-state index in [1.165, 1.54) is 24.2 Å². The Morgan fingerprint density at radius 2 is 1.81 bits per heavy atom. The second-order valence-electron chi connectivity index (χ2n) is 7.92. The highest BCUT2D eigenvalue weighted by molar-refractivity contribution is 7.91. The van der Waals surface area contributed by atoms with Gasteiger partial charge in [-0.2, -0.15) is 4.31 Å². The minimum Gasteiger partial charge on any atom is -0.420 e. The van der Waals surface area contributed by atoms with Gasteiger partial charge in [-0.1, -0.05) is 30.5 Å². The molecule has 3 aromatic rings. The zero-order chi connectivity index (χ0) is 21.4. The fraction of sp³-hybridized carbons (Fsp3) is 0.429. The molecule has 0 spiro atoms. The van der Waals surface area contributed by atoms with Gasteiger partial charge in [-0.05, 0) is 43.2 Å². The first-order valence-corrected chi connectivity index (χ1v) is 13.1. The molecule has 1 saturated heterocycles. The van der Waals surface area contributed by atoms with Crippen molar-refractivity contribution in [1.82, 2.24) is 14.5 Å². The molecule has 0 bridgehead atoms. The van der Waals surface area contributed by atoms with Crippen LogP contribution in [0, 0.1) is 0 Å². The average Bonchev–Trinajstić information content (AvgIpc) is 3.55. The summed E-state index contributed by atoms with van der Waals surface area (Å²) in [7, 11) is -3.56. The van der Waals surface area contributed by atoms with Crippen molar-refractivity contribution in [3.8, 4) is 10.8 Å². The predicted octanol–water partition coefficient (Wildman–Crippen LogP) is 4.62. The van der Waals surface area contributed by atoms with E-state index in [0.29, 0.717) is 58.0 Å². The van der Waals surface area contributed by atoms with Crippen molar-refractivity contribution in [3.63, 3.8) is 0 Å². The van der Waals surface area contributed by atoms with Crippen LogP contribution in [0.1, 0.15) is 37.5 Å². The Balaban J connectivity index is 1.28. The molecule has 2 aromatic heterocycles. The van der Waals surface area contributed by atoms with Crippen LogP contribution in [-0.2, 0) is 10.0 Å². The molecule has 3 heterocycles. The summed E-state index contributed by atoms with van der Waals surface area (Å²) in [6.45, 7) is 2.08. The number of aromatic nitrogens is 2. The van der Waals surface area contributed by atoms with Crippen molar-refractivity contribution in [2.24, 2.45) is 0 Å². The lowest BCUT2D eigenvalue weighted by Gasteiger charge is -2.35. The van der Waals surface area contributed by atoms with Gasteiger partial charge in [0.2, 0.25) is 5.89 Å². The highest BCUT2D eigenvalue weighted by atomic mass is 35.5. The van der Waals surface area contributed by atoms with Gasteiger partial charge < -0.3 is 9.32 Å². The number of rotatable bonds is 5. The summed E-state index contributed by atoms with van der Waals surface area (Å²) in [5, 5.41) is 9.03. The Kier molecular flexibility index (Phi) is 5.76. The monoisotopic (exact) mass is 478 g/mol. The van der Waals surface area contributed by atoms with E-state index >= 15 is 0 Å². The third-order valence-corrected chi connectivity index (χ3v) is 9.62. The molecule has 0 unspecified atom stereocenters. The van der Waals surface area contributed by atoms with Crippen LogP contribution in [0.25, 0.3) is 10.8 Å². The second kappa shape index (κ2) is 8.54. The molecule has 0 amide bonds. The third kappa shape index (κ3) is 4.24. The molecule has 10 heteroatoms. The van der Waals surface area contributed by atoms with Crippen molar-refractivity contribution < 1.29 is 12.8 Å². The average molecular weight is 479 g/mol. The summed E-state index contributed by atoms with van der Waals surface area (Å²) in [6, 6.07) is 11.0. The van der Waals surface area contributed by atoms with Gasteiger partial charge in [-0.15, -0.1) is 21.5 Å². The van der Waals surface area contributed by atoms with Crippen molar-refractivity contribution in [3.05, 3.63) is 47.3 Å². The predicted molar refractivity (Wildman–Crippen MR) is 121 cm³/mol. The van der Waals surface area contributed by atoms with Gasteiger partial charge in [0.1, 0.15) is 4.21 Å². The lowest BCUT2D eigenvalue weighted by atomic mass is 10.1. The molecule has 1 aliphatic carbocycles. The number of sulfonamides is 1. The van der Waals surface area contributed by atoms with Gasteiger partial charge in [0, 0.05) is 42.8 Å². The molecular formula is C21H23ClN4O3S2.